The van der Waals surface area contributed by atoms with Crippen LogP contribution in [0.5, 0.6) is 0 Å². The van der Waals surface area contributed by atoms with Crippen molar-refractivity contribution in [2.24, 2.45) is 0 Å². The molecule has 9 nitrogen and oxygen atoms in total. The van der Waals surface area contributed by atoms with Crippen molar-refractivity contribution in [1.29, 1.82) is 0 Å². The van der Waals surface area contributed by atoms with Crippen LogP contribution in [-0.4, -0.2) is 49.6 Å². The first-order valence-electron chi connectivity index (χ1n) is 10.3. The van der Waals surface area contributed by atoms with E-state index in [1.54, 1.807) is 17.0 Å². The van der Waals surface area contributed by atoms with Gasteiger partial charge in [-0.05, 0) is 31.0 Å². The van der Waals surface area contributed by atoms with Gasteiger partial charge in [-0.25, -0.2) is 24.7 Å². The zero-order valence-electron chi connectivity index (χ0n) is 17.5. The molecular weight excluding hydrogens is 437 g/mol. The minimum absolute atomic E-state index is 0.0212. The summed E-state index contributed by atoms with van der Waals surface area (Å²) in [6.45, 7) is 3.38. The topological polar surface area (TPSA) is 100 Å². The Morgan fingerprint density at radius 2 is 1.94 bits per heavy atom. The number of hydrogen-bond donors (Lipinski definition) is 1. The monoisotopic (exact) mass is 456 g/mol. The number of urea groups is 1. The fraction of sp³-hybridized carbons (Fsp3) is 0.333. The number of amides is 2. The molecule has 1 atom stereocenters. The molecule has 1 fully saturated rings. The smallest absolute Gasteiger partial charge is 0.366 e. The number of alkyl halides is 3. The number of pyridine rings is 1. The molecular formula is C21H19F3N8O. The van der Waals surface area contributed by atoms with Gasteiger partial charge >= 0.3 is 12.2 Å². The van der Waals surface area contributed by atoms with Crippen LogP contribution in [0, 0.1) is 0 Å². The molecule has 2 aliphatic rings. The lowest BCUT2D eigenvalue weighted by Gasteiger charge is -2.44. The SMILES string of the molecule is CC[C@]12CCN(C1)c1ccc(-c3ccnc(C(F)(F)F)n3)nc1N2C(=O)Nc1cnccn1. The lowest BCUT2D eigenvalue weighted by Crippen LogP contribution is -2.58. The fourth-order valence-corrected chi connectivity index (χ4v) is 4.39. The molecule has 0 saturated carbocycles. The van der Waals surface area contributed by atoms with Crippen LogP contribution in [-0.2, 0) is 6.18 Å². The Morgan fingerprint density at radius 3 is 2.67 bits per heavy atom. The van der Waals surface area contributed by atoms with Gasteiger partial charge in [-0.1, -0.05) is 6.92 Å². The van der Waals surface area contributed by atoms with E-state index in [1.807, 2.05) is 6.92 Å². The molecule has 3 aromatic rings. The van der Waals surface area contributed by atoms with Crippen LogP contribution in [0.3, 0.4) is 0 Å². The van der Waals surface area contributed by atoms with Crippen LogP contribution < -0.4 is 15.1 Å². The number of carbonyl (C=O) groups is 1. The number of aromatic nitrogens is 5. The Balaban J connectivity index is 1.59. The van der Waals surface area contributed by atoms with Crippen molar-refractivity contribution in [3.05, 3.63) is 48.8 Å². The van der Waals surface area contributed by atoms with Crippen molar-refractivity contribution in [1.82, 2.24) is 24.9 Å². The Kier molecular flexibility index (Phi) is 4.87. The number of fused-ring (bicyclic) bond motifs is 4. The Bertz CT molecular complexity index is 1210. The van der Waals surface area contributed by atoms with Gasteiger partial charge in [0, 0.05) is 31.7 Å². The Morgan fingerprint density at radius 1 is 1.12 bits per heavy atom. The van der Waals surface area contributed by atoms with Crippen LogP contribution in [0.1, 0.15) is 25.6 Å². The lowest BCUT2D eigenvalue weighted by molar-refractivity contribution is -0.144. The second-order valence-corrected chi connectivity index (χ2v) is 7.91. The van der Waals surface area contributed by atoms with Gasteiger partial charge < -0.3 is 4.90 Å². The molecule has 2 amide bonds. The van der Waals surface area contributed by atoms with Crippen LogP contribution in [0.2, 0.25) is 0 Å². The van der Waals surface area contributed by atoms with Gasteiger partial charge in [-0.15, -0.1) is 0 Å². The van der Waals surface area contributed by atoms with Crippen molar-refractivity contribution in [3.63, 3.8) is 0 Å². The quantitative estimate of drug-likeness (QED) is 0.641. The molecule has 1 saturated heterocycles. The zero-order valence-corrected chi connectivity index (χ0v) is 17.5. The Hall–Kier alpha value is -3.83. The summed E-state index contributed by atoms with van der Waals surface area (Å²) in [7, 11) is 0. The van der Waals surface area contributed by atoms with Crippen molar-refractivity contribution in [2.75, 3.05) is 28.2 Å². The average Bonchev–Trinajstić information content (AvgIpc) is 3.19. The van der Waals surface area contributed by atoms with Gasteiger partial charge in [0.2, 0.25) is 5.82 Å². The molecule has 0 spiro atoms. The number of rotatable bonds is 3. The number of carbonyl (C=O) groups excluding carboxylic acids is 1. The van der Waals surface area contributed by atoms with Crippen LogP contribution >= 0.6 is 0 Å². The molecule has 12 heteroatoms. The first-order chi connectivity index (χ1) is 15.8. The maximum absolute atomic E-state index is 13.4. The fourth-order valence-electron chi connectivity index (χ4n) is 4.39. The highest BCUT2D eigenvalue weighted by molar-refractivity contribution is 6.05. The van der Waals surface area contributed by atoms with E-state index in [0.29, 0.717) is 18.8 Å². The van der Waals surface area contributed by atoms with Crippen LogP contribution in [0.4, 0.5) is 35.3 Å². The molecule has 33 heavy (non-hydrogen) atoms. The van der Waals surface area contributed by atoms with Gasteiger partial charge in [0.15, 0.2) is 11.6 Å². The summed E-state index contributed by atoms with van der Waals surface area (Å²) in [5, 5.41) is 2.76. The van der Waals surface area contributed by atoms with E-state index in [9.17, 15) is 18.0 Å². The molecule has 1 N–H and O–H groups in total. The molecule has 2 bridgehead atoms. The highest BCUT2D eigenvalue weighted by atomic mass is 19.4. The number of hydrogen-bond acceptors (Lipinski definition) is 7. The molecule has 0 unspecified atom stereocenters. The molecule has 3 aromatic heterocycles. The number of halogens is 3. The highest BCUT2D eigenvalue weighted by Gasteiger charge is 2.51. The number of anilines is 3. The summed E-state index contributed by atoms with van der Waals surface area (Å²) in [6, 6.07) is 4.31. The molecule has 2 aliphatic heterocycles. The van der Waals surface area contributed by atoms with Gasteiger partial charge in [0.05, 0.1) is 28.8 Å². The predicted molar refractivity (Wildman–Crippen MR) is 114 cm³/mol. The zero-order chi connectivity index (χ0) is 23.2. The van der Waals surface area contributed by atoms with E-state index in [2.05, 4.69) is 35.1 Å². The third-order valence-corrected chi connectivity index (χ3v) is 6.04. The lowest BCUT2D eigenvalue weighted by atomic mass is 9.91. The van der Waals surface area contributed by atoms with E-state index in [0.717, 1.165) is 24.8 Å². The van der Waals surface area contributed by atoms with Gasteiger partial charge in [-0.2, -0.15) is 13.2 Å². The average molecular weight is 456 g/mol. The first-order valence-corrected chi connectivity index (χ1v) is 10.3. The molecule has 0 radical (unpaired) electrons. The maximum Gasteiger partial charge on any atom is 0.451 e. The van der Waals surface area contributed by atoms with E-state index in [-0.39, 0.29) is 17.2 Å². The summed E-state index contributed by atoms with van der Waals surface area (Å²) < 4.78 is 39.3. The van der Waals surface area contributed by atoms with Crippen molar-refractivity contribution >= 4 is 23.4 Å². The summed E-state index contributed by atoms with van der Waals surface area (Å²) in [5.74, 6) is -0.588. The highest BCUT2D eigenvalue weighted by Crippen LogP contribution is 2.46. The van der Waals surface area contributed by atoms with Gasteiger partial charge in [0.1, 0.15) is 0 Å². The van der Waals surface area contributed by atoms with Gasteiger partial charge in [-0.3, -0.25) is 15.2 Å². The molecule has 170 valence electrons. The second kappa shape index (κ2) is 7.64. The molecule has 0 aromatic carbocycles. The van der Waals surface area contributed by atoms with E-state index >= 15 is 0 Å². The largest absolute Gasteiger partial charge is 0.451 e. The van der Waals surface area contributed by atoms with Crippen molar-refractivity contribution < 1.29 is 18.0 Å². The minimum Gasteiger partial charge on any atom is -0.366 e. The first kappa shape index (κ1) is 21.0. The van der Waals surface area contributed by atoms with E-state index < -0.39 is 23.6 Å². The standard InChI is InChI=1S/C21H19F3N8O/c1-2-20-6-10-31(12-20)15-4-3-13(14-5-7-27-18(29-14)21(22,23)24)28-17(15)32(20)19(33)30-16-11-25-8-9-26-16/h3-5,7-9,11H,2,6,10,12H2,1H3,(H,26,30,33)/t20-/m0/s1. The predicted octanol–water partition coefficient (Wildman–Crippen LogP) is 3.76. The third kappa shape index (κ3) is 3.60. The van der Waals surface area contributed by atoms with E-state index in [4.69, 9.17) is 0 Å². The van der Waals surface area contributed by atoms with E-state index in [1.165, 1.54) is 24.7 Å². The minimum atomic E-state index is -4.68. The van der Waals surface area contributed by atoms with Crippen molar-refractivity contribution in [3.8, 4) is 11.4 Å². The van der Waals surface area contributed by atoms with Crippen LogP contribution in [0.25, 0.3) is 11.4 Å². The Labute approximate surface area is 186 Å². The third-order valence-electron chi connectivity index (χ3n) is 6.04. The number of nitrogens with one attached hydrogen (secondary N) is 1. The van der Waals surface area contributed by atoms with Crippen molar-refractivity contribution in [2.45, 2.75) is 31.5 Å². The maximum atomic E-state index is 13.4. The summed E-state index contributed by atoms with van der Waals surface area (Å²) in [6.07, 6.45) is 2.18. The second-order valence-electron chi connectivity index (χ2n) is 7.91. The normalized spacial score (nSPS) is 19.4. The van der Waals surface area contributed by atoms with Crippen LogP contribution in [0.15, 0.2) is 43.0 Å². The summed E-state index contributed by atoms with van der Waals surface area (Å²) in [4.78, 5) is 36.8. The molecule has 5 heterocycles. The number of nitrogens with zero attached hydrogens (tertiary/aromatic N) is 7. The summed E-state index contributed by atoms with van der Waals surface area (Å²) >= 11 is 0. The summed E-state index contributed by atoms with van der Waals surface area (Å²) in [5.41, 5.74) is 0.466. The molecule has 0 aliphatic carbocycles. The molecule has 5 rings (SSSR count). The van der Waals surface area contributed by atoms with Gasteiger partial charge in [0.25, 0.3) is 0 Å².